The summed E-state index contributed by atoms with van der Waals surface area (Å²) < 4.78 is 0. The summed E-state index contributed by atoms with van der Waals surface area (Å²) in [5.74, 6) is 8.38. The fourth-order valence-corrected chi connectivity index (χ4v) is 2.83. The third-order valence-electron chi connectivity index (χ3n) is 4.06. The summed E-state index contributed by atoms with van der Waals surface area (Å²) >= 11 is 0. The normalized spacial score (nSPS) is 20.7. The topological polar surface area (TPSA) is 70.3 Å². The third-order valence-corrected chi connectivity index (χ3v) is 4.06. The minimum atomic E-state index is 0.284. The van der Waals surface area contributed by atoms with E-state index >= 15 is 0 Å². The largest absolute Gasteiger partial charge is 0.352 e. The maximum Gasteiger partial charge on any atom is 0.145 e. The number of nitrogens with two attached hydrogens (primary N) is 1. The van der Waals surface area contributed by atoms with Crippen LogP contribution in [-0.4, -0.2) is 47.6 Å². The van der Waals surface area contributed by atoms with Crippen LogP contribution in [0.1, 0.15) is 45.4 Å². The molecule has 1 aliphatic heterocycles. The number of nitrogens with zero attached hydrogens (tertiary/aromatic N) is 4. The molecule has 0 bridgehead atoms. The molecule has 2 heterocycles. The number of anilines is 2. The van der Waals surface area contributed by atoms with Gasteiger partial charge in [0.25, 0.3) is 0 Å². The minimum absolute atomic E-state index is 0.284. The van der Waals surface area contributed by atoms with Crippen LogP contribution in [0.2, 0.25) is 0 Å². The van der Waals surface area contributed by atoms with E-state index in [0.717, 1.165) is 44.1 Å². The van der Waals surface area contributed by atoms with Gasteiger partial charge >= 0.3 is 0 Å². The first-order valence-electron chi connectivity index (χ1n) is 7.86. The summed E-state index contributed by atoms with van der Waals surface area (Å²) in [5, 5.41) is 0. The molecule has 1 aliphatic rings. The highest BCUT2D eigenvalue weighted by molar-refractivity contribution is 5.50. The molecule has 0 saturated carbocycles. The van der Waals surface area contributed by atoms with Gasteiger partial charge in [-0.25, -0.2) is 15.8 Å². The Kier molecular flexibility index (Phi) is 5.36. The van der Waals surface area contributed by atoms with E-state index in [0.29, 0.717) is 11.9 Å². The lowest BCUT2D eigenvalue weighted by molar-refractivity contribution is 0.327. The second-order valence-electron chi connectivity index (χ2n) is 6.14. The summed E-state index contributed by atoms with van der Waals surface area (Å²) in [4.78, 5) is 14.0. The van der Waals surface area contributed by atoms with Gasteiger partial charge in [-0.05, 0) is 26.4 Å². The van der Waals surface area contributed by atoms with Crippen LogP contribution in [0.15, 0.2) is 6.07 Å². The second-order valence-corrected chi connectivity index (χ2v) is 6.14. The van der Waals surface area contributed by atoms with Crippen LogP contribution >= 0.6 is 0 Å². The van der Waals surface area contributed by atoms with E-state index in [9.17, 15) is 0 Å². The molecule has 0 radical (unpaired) electrons. The molecule has 1 saturated heterocycles. The van der Waals surface area contributed by atoms with Gasteiger partial charge in [-0.2, -0.15) is 0 Å². The number of nitrogen functional groups attached to an aromatic ring is 1. The van der Waals surface area contributed by atoms with Crippen molar-refractivity contribution in [1.29, 1.82) is 0 Å². The van der Waals surface area contributed by atoms with Crippen LogP contribution in [0.5, 0.6) is 0 Å². The van der Waals surface area contributed by atoms with Gasteiger partial charge in [0.05, 0.1) is 0 Å². The lowest BCUT2D eigenvalue weighted by Crippen LogP contribution is -2.40. The number of hydrazine groups is 1. The molecule has 1 unspecified atom stereocenters. The molecular weight excluding hydrogens is 264 g/mol. The van der Waals surface area contributed by atoms with Crippen molar-refractivity contribution in [1.82, 2.24) is 14.9 Å². The molecule has 2 rings (SSSR count). The summed E-state index contributed by atoms with van der Waals surface area (Å²) in [6, 6.07) is 2.44. The zero-order valence-corrected chi connectivity index (χ0v) is 13.6. The zero-order chi connectivity index (χ0) is 15.4. The lowest BCUT2D eigenvalue weighted by atomic mass is 10.1. The molecule has 3 N–H and O–H groups in total. The van der Waals surface area contributed by atoms with Crippen LogP contribution in [0, 0.1) is 0 Å². The second kappa shape index (κ2) is 7.04. The summed E-state index contributed by atoms with van der Waals surface area (Å²) in [6.45, 7) is 9.69. The van der Waals surface area contributed by atoms with Crippen LogP contribution in [0.25, 0.3) is 0 Å². The number of aromatic nitrogens is 2. The number of nitrogens with one attached hydrogen (secondary N) is 1. The average molecular weight is 292 g/mol. The molecule has 0 amide bonds. The maximum atomic E-state index is 5.57. The highest BCUT2D eigenvalue weighted by Gasteiger charge is 2.24. The fraction of sp³-hybridized carbons (Fsp3) is 0.733. The number of hydrogen-bond acceptors (Lipinski definition) is 6. The fourth-order valence-electron chi connectivity index (χ4n) is 2.83. The molecule has 0 aliphatic carbocycles. The minimum Gasteiger partial charge on any atom is -0.352 e. The quantitative estimate of drug-likeness (QED) is 0.651. The molecule has 0 aromatic carbocycles. The third kappa shape index (κ3) is 3.83. The summed E-state index contributed by atoms with van der Waals surface area (Å²) in [5.41, 5.74) is 2.67. The van der Waals surface area contributed by atoms with Crippen molar-refractivity contribution >= 4 is 11.6 Å². The van der Waals surface area contributed by atoms with Gasteiger partial charge in [0.15, 0.2) is 0 Å². The Morgan fingerprint density at radius 3 is 2.76 bits per heavy atom. The summed E-state index contributed by atoms with van der Waals surface area (Å²) in [7, 11) is 2.19. The smallest absolute Gasteiger partial charge is 0.145 e. The molecule has 1 fully saturated rings. The highest BCUT2D eigenvalue weighted by Crippen LogP contribution is 2.24. The van der Waals surface area contributed by atoms with Gasteiger partial charge < -0.3 is 15.2 Å². The van der Waals surface area contributed by atoms with Crippen molar-refractivity contribution < 1.29 is 0 Å². The van der Waals surface area contributed by atoms with Crippen molar-refractivity contribution in [2.75, 3.05) is 37.0 Å². The monoisotopic (exact) mass is 292 g/mol. The number of hydrogen-bond donors (Lipinski definition) is 2. The number of likely N-dealkylation sites (N-methyl/N-ethyl adjacent to an activating group) is 1. The van der Waals surface area contributed by atoms with Crippen molar-refractivity contribution in [2.45, 2.75) is 45.6 Å². The summed E-state index contributed by atoms with van der Waals surface area (Å²) in [6.07, 6.45) is 2.26. The Morgan fingerprint density at radius 2 is 2.14 bits per heavy atom. The molecular formula is C15H28N6. The maximum absolute atomic E-state index is 5.57. The molecule has 1 aromatic rings. The Labute approximate surface area is 127 Å². The van der Waals surface area contributed by atoms with Gasteiger partial charge in [-0.15, -0.1) is 0 Å². The average Bonchev–Trinajstić information content (AvgIpc) is 2.67. The standard InChI is InChI=1S/C15H28N6/c1-5-12-10-20(4)7-6-8-21(12)14-9-13(19-16)17-15(18-14)11(2)3/h9,11-12H,5-8,10,16H2,1-4H3,(H,17,18,19). The van der Waals surface area contributed by atoms with Crippen LogP contribution in [0.4, 0.5) is 11.6 Å². The van der Waals surface area contributed by atoms with Gasteiger partial charge in [-0.1, -0.05) is 20.8 Å². The van der Waals surface area contributed by atoms with Crippen LogP contribution in [-0.2, 0) is 0 Å². The van der Waals surface area contributed by atoms with Gasteiger partial charge in [-0.3, -0.25) is 0 Å². The van der Waals surface area contributed by atoms with Crippen molar-refractivity contribution in [2.24, 2.45) is 5.84 Å². The zero-order valence-electron chi connectivity index (χ0n) is 13.6. The lowest BCUT2D eigenvalue weighted by Gasteiger charge is -2.31. The van der Waals surface area contributed by atoms with Gasteiger partial charge in [0.1, 0.15) is 17.5 Å². The SMILES string of the molecule is CCC1CN(C)CCCN1c1cc(NN)nc(C(C)C)n1. The Morgan fingerprint density at radius 1 is 1.38 bits per heavy atom. The van der Waals surface area contributed by atoms with Gasteiger partial charge in [0.2, 0.25) is 0 Å². The van der Waals surface area contributed by atoms with E-state index in [-0.39, 0.29) is 5.92 Å². The van der Waals surface area contributed by atoms with Gasteiger partial charge in [0, 0.05) is 31.1 Å². The van der Waals surface area contributed by atoms with E-state index in [1.54, 1.807) is 0 Å². The molecule has 6 nitrogen and oxygen atoms in total. The van der Waals surface area contributed by atoms with E-state index in [1.165, 1.54) is 0 Å². The van der Waals surface area contributed by atoms with Crippen molar-refractivity contribution in [3.05, 3.63) is 11.9 Å². The molecule has 118 valence electrons. The number of rotatable bonds is 4. The molecule has 1 aromatic heterocycles. The first-order chi connectivity index (χ1) is 10.0. The van der Waals surface area contributed by atoms with Crippen LogP contribution in [0.3, 0.4) is 0 Å². The Balaban J connectivity index is 2.35. The molecule has 1 atom stereocenters. The van der Waals surface area contributed by atoms with Crippen LogP contribution < -0.4 is 16.2 Å². The van der Waals surface area contributed by atoms with E-state index in [1.807, 2.05) is 6.07 Å². The first kappa shape index (κ1) is 16.0. The molecule has 6 heteroatoms. The predicted octanol–water partition coefficient (Wildman–Crippen LogP) is 1.81. The molecule has 0 spiro atoms. The highest BCUT2D eigenvalue weighted by atomic mass is 15.3. The van der Waals surface area contributed by atoms with E-state index < -0.39 is 0 Å². The van der Waals surface area contributed by atoms with E-state index in [2.05, 4.69) is 48.0 Å². The Hall–Kier alpha value is -1.40. The predicted molar refractivity (Wildman–Crippen MR) is 87.5 cm³/mol. The van der Waals surface area contributed by atoms with E-state index in [4.69, 9.17) is 10.8 Å². The Bertz CT molecular complexity index is 461. The molecule has 21 heavy (non-hydrogen) atoms. The van der Waals surface area contributed by atoms with Crippen molar-refractivity contribution in [3.63, 3.8) is 0 Å². The van der Waals surface area contributed by atoms with Crippen molar-refractivity contribution in [3.8, 4) is 0 Å². The first-order valence-corrected chi connectivity index (χ1v) is 7.86.